The van der Waals surface area contributed by atoms with Gasteiger partial charge in [-0.3, -0.25) is 4.79 Å². The highest BCUT2D eigenvalue weighted by Crippen LogP contribution is 2.15. The summed E-state index contributed by atoms with van der Waals surface area (Å²) < 4.78 is 35.3. The first-order valence-electron chi connectivity index (χ1n) is 5.54. The fourth-order valence-electron chi connectivity index (χ4n) is 1.24. The van der Waals surface area contributed by atoms with E-state index in [0.717, 1.165) is 12.1 Å². The van der Waals surface area contributed by atoms with Crippen LogP contribution < -0.4 is 10.5 Å². The summed E-state index contributed by atoms with van der Waals surface area (Å²) in [7, 11) is 0. The minimum Gasteiger partial charge on any atom is -0.493 e. The molecule has 0 amide bonds. The summed E-state index contributed by atoms with van der Waals surface area (Å²) in [6.07, 6.45) is 0.234. The number of nitrogens with two attached hydrogens (primary N) is 1. The zero-order valence-electron chi connectivity index (χ0n) is 9.99. The molecular formula is C12H15F2NO3. The second-order valence-corrected chi connectivity index (χ2v) is 3.57. The van der Waals surface area contributed by atoms with Crippen molar-refractivity contribution in [2.45, 2.75) is 19.4 Å². The molecule has 6 heteroatoms. The lowest BCUT2D eigenvalue weighted by molar-refractivity contribution is -0.145. The molecule has 0 aliphatic heterocycles. The average Bonchev–Trinajstić information content (AvgIpc) is 2.34. The molecule has 1 rings (SSSR count). The van der Waals surface area contributed by atoms with E-state index in [-0.39, 0.29) is 25.4 Å². The van der Waals surface area contributed by atoms with E-state index in [1.54, 1.807) is 6.92 Å². The SMILES string of the molecule is CCOC(=O)C(N)CCOc1ccc(F)c(F)c1. The fraction of sp³-hybridized carbons (Fsp3) is 0.417. The summed E-state index contributed by atoms with van der Waals surface area (Å²) in [6.45, 7) is 2.06. The first kappa shape index (κ1) is 14.4. The Labute approximate surface area is 104 Å². The average molecular weight is 259 g/mol. The summed E-state index contributed by atoms with van der Waals surface area (Å²) in [4.78, 5) is 11.2. The van der Waals surface area contributed by atoms with Gasteiger partial charge in [0.15, 0.2) is 11.6 Å². The highest BCUT2D eigenvalue weighted by molar-refractivity contribution is 5.75. The minimum atomic E-state index is -0.984. The quantitative estimate of drug-likeness (QED) is 0.789. The van der Waals surface area contributed by atoms with Gasteiger partial charge in [0, 0.05) is 12.5 Å². The van der Waals surface area contributed by atoms with E-state index < -0.39 is 23.6 Å². The summed E-state index contributed by atoms with van der Waals surface area (Å²) in [5.41, 5.74) is 5.53. The molecule has 0 bridgehead atoms. The number of esters is 1. The molecule has 1 atom stereocenters. The number of rotatable bonds is 6. The number of hydrogen-bond donors (Lipinski definition) is 1. The van der Waals surface area contributed by atoms with Crippen LogP contribution in [0.5, 0.6) is 5.75 Å². The highest BCUT2D eigenvalue weighted by Gasteiger charge is 2.14. The number of benzene rings is 1. The Kier molecular flexibility index (Phi) is 5.51. The van der Waals surface area contributed by atoms with Crippen LogP contribution in [0.4, 0.5) is 8.78 Å². The summed E-state index contributed by atoms with van der Waals surface area (Å²) >= 11 is 0. The Morgan fingerprint density at radius 3 is 2.72 bits per heavy atom. The van der Waals surface area contributed by atoms with Crippen LogP contribution in [0.15, 0.2) is 18.2 Å². The van der Waals surface area contributed by atoms with Crippen LogP contribution in [0.2, 0.25) is 0 Å². The molecule has 18 heavy (non-hydrogen) atoms. The van der Waals surface area contributed by atoms with Crippen molar-refractivity contribution in [2.24, 2.45) is 5.73 Å². The van der Waals surface area contributed by atoms with Crippen LogP contribution in [0.25, 0.3) is 0 Å². The van der Waals surface area contributed by atoms with E-state index in [0.29, 0.717) is 0 Å². The van der Waals surface area contributed by atoms with Crippen LogP contribution in [-0.2, 0) is 9.53 Å². The number of ether oxygens (including phenoxy) is 2. The predicted octanol–water partition coefficient (Wildman–Crippen LogP) is 1.62. The molecule has 0 aliphatic rings. The minimum absolute atomic E-state index is 0.116. The van der Waals surface area contributed by atoms with Gasteiger partial charge in [-0.15, -0.1) is 0 Å². The Morgan fingerprint density at radius 1 is 1.39 bits per heavy atom. The Morgan fingerprint density at radius 2 is 2.11 bits per heavy atom. The fourth-order valence-corrected chi connectivity index (χ4v) is 1.24. The van der Waals surface area contributed by atoms with Crippen molar-refractivity contribution in [3.8, 4) is 5.75 Å². The van der Waals surface area contributed by atoms with Gasteiger partial charge in [-0.05, 0) is 19.1 Å². The smallest absolute Gasteiger partial charge is 0.323 e. The van der Waals surface area contributed by atoms with E-state index >= 15 is 0 Å². The van der Waals surface area contributed by atoms with E-state index in [1.165, 1.54) is 6.07 Å². The maximum absolute atomic E-state index is 12.8. The van der Waals surface area contributed by atoms with Gasteiger partial charge in [-0.1, -0.05) is 0 Å². The molecule has 0 spiro atoms. The highest BCUT2D eigenvalue weighted by atomic mass is 19.2. The van der Waals surface area contributed by atoms with E-state index in [9.17, 15) is 13.6 Å². The normalized spacial score (nSPS) is 12.0. The Hall–Kier alpha value is -1.69. The molecule has 1 unspecified atom stereocenters. The Balaban J connectivity index is 2.37. The zero-order chi connectivity index (χ0) is 13.5. The number of hydrogen-bond acceptors (Lipinski definition) is 4. The molecule has 0 saturated heterocycles. The standard InChI is InChI=1S/C12H15F2NO3/c1-2-17-12(16)11(15)5-6-18-8-3-4-9(13)10(14)7-8/h3-4,7,11H,2,5-6,15H2,1H3. The largest absolute Gasteiger partial charge is 0.493 e. The number of carbonyl (C=O) groups excluding carboxylic acids is 1. The molecule has 0 radical (unpaired) electrons. The zero-order valence-corrected chi connectivity index (χ0v) is 9.99. The van der Waals surface area contributed by atoms with E-state index in [2.05, 4.69) is 0 Å². The van der Waals surface area contributed by atoms with Crippen molar-refractivity contribution in [3.05, 3.63) is 29.8 Å². The van der Waals surface area contributed by atoms with Crippen LogP contribution >= 0.6 is 0 Å². The van der Waals surface area contributed by atoms with Gasteiger partial charge in [0.1, 0.15) is 11.8 Å². The second kappa shape index (κ2) is 6.90. The van der Waals surface area contributed by atoms with Gasteiger partial charge in [-0.2, -0.15) is 0 Å². The van der Waals surface area contributed by atoms with Gasteiger partial charge in [0.2, 0.25) is 0 Å². The van der Waals surface area contributed by atoms with Gasteiger partial charge < -0.3 is 15.2 Å². The van der Waals surface area contributed by atoms with E-state index in [4.69, 9.17) is 15.2 Å². The van der Waals surface area contributed by atoms with Crippen LogP contribution in [0, 0.1) is 11.6 Å². The summed E-state index contributed by atoms with van der Waals surface area (Å²) in [6, 6.07) is 2.42. The molecule has 2 N–H and O–H groups in total. The van der Waals surface area contributed by atoms with Crippen LogP contribution in [0.3, 0.4) is 0 Å². The molecule has 0 fully saturated rings. The van der Waals surface area contributed by atoms with E-state index in [1.807, 2.05) is 0 Å². The van der Waals surface area contributed by atoms with Gasteiger partial charge in [0.25, 0.3) is 0 Å². The van der Waals surface area contributed by atoms with Crippen LogP contribution in [-0.4, -0.2) is 25.2 Å². The molecule has 4 nitrogen and oxygen atoms in total. The van der Waals surface area contributed by atoms with Gasteiger partial charge in [-0.25, -0.2) is 8.78 Å². The second-order valence-electron chi connectivity index (χ2n) is 3.57. The summed E-state index contributed by atoms with van der Waals surface area (Å²) in [5.74, 6) is -2.25. The van der Waals surface area contributed by atoms with Gasteiger partial charge in [0.05, 0.1) is 13.2 Å². The lowest BCUT2D eigenvalue weighted by atomic mass is 10.2. The maximum atomic E-state index is 12.8. The molecule has 0 aliphatic carbocycles. The molecule has 0 aromatic heterocycles. The summed E-state index contributed by atoms with van der Waals surface area (Å²) in [5, 5.41) is 0. The molecule has 0 saturated carbocycles. The van der Waals surface area contributed by atoms with Crippen LogP contribution in [0.1, 0.15) is 13.3 Å². The Bertz CT molecular complexity index is 412. The molecule has 1 aromatic carbocycles. The first-order valence-corrected chi connectivity index (χ1v) is 5.54. The predicted molar refractivity (Wildman–Crippen MR) is 61.1 cm³/mol. The topological polar surface area (TPSA) is 61.5 Å². The van der Waals surface area contributed by atoms with Crippen molar-refractivity contribution < 1.29 is 23.0 Å². The third-order valence-electron chi connectivity index (χ3n) is 2.18. The lowest BCUT2D eigenvalue weighted by Gasteiger charge is -2.11. The number of carbonyl (C=O) groups is 1. The van der Waals surface area contributed by atoms with Crippen molar-refractivity contribution in [1.82, 2.24) is 0 Å². The van der Waals surface area contributed by atoms with Gasteiger partial charge >= 0.3 is 5.97 Å². The third-order valence-corrected chi connectivity index (χ3v) is 2.18. The molecule has 100 valence electrons. The van der Waals surface area contributed by atoms with Crippen molar-refractivity contribution in [1.29, 1.82) is 0 Å². The first-order chi connectivity index (χ1) is 8.54. The monoisotopic (exact) mass is 259 g/mol. The lowest BCUT2D eigenvalue weighted by Crippen LogP contribution is -2.33. The third kappa shape index (κ3) is 4.29. The molecular weight excluding hydrogens is 244 g/mol. The van der Waals surface area contributed by atoms with Crippen molar-refractivity contribution in [3.63, 3.8) is 0 Å². The molecule has 1 aromatic rings. The van der Waals surface area contributed by atoms with Crippen molar-refractivity contribution in [2.75, 3.05) is 13.2 Å². The number of halogens is 2. The van der Waals surface area contributed by atoms with Crippen molar-refractivity contribution >= 4 is 5.97 Å². The maximum Gasteiger partial charge on any atom is 0.323 e. The molecule has 0 heterocycles.